The van der Waals surface area contributed by atoms with Crippen LogP contribution in [-0.2, 0) is 6.18 Å². The molecule has 1 aromatic carbocycles. The molecule has 7 heteroatoms. The lowest BCUT2D eigenvalue weighted by atomic mass is 10.3. The Balaban J connectivity index is 2.25. The van der Waals surface area contributed by atoms with Crippen molar-refractivity contribution in [1.82, 2.24) is 4.98 Å². The van der Waals surface area contributed by atoms with Crippen LogP contribution in [-0.4, -0.2) is 12.1 Å². The first-order valence-corrected chi connectivity index (χ1v) is 5.82. The van der Waals surface area contributed by atoms with E-state index < -0.39 is 11.7 Å². The molecule has 0 saturated heterocycles. The van der Waals surface area contributed by atoms with E-state index in [4.69, 9.17) is 21.1 Å². The molecular formula is C13H9ClF3NO2. The van der Waals surface area contributed by atoms with Crippen LogP contribution in [0.3, 0.4) is 0 Å². The third-order valence-corrected chi connectivity index (χ3v) is 2.66. The summed E-state index contributed by atoms with van der Waals surface area (Å²) in [5.41, 5.74) is -0.930. The van der Waals surface area contributed by atoms with Crippen molar-refractivity contribution >= 4 is 11.6 Å². The number of nitrogens with zero attached hydrogens (tertiary/aromatic N) is 1. The quantitative estimate of drug-likeness (QED) is 0.833. The lowest BCUT2D eigenvalue weighted by Crippen LogP contribution is -2.05. The van der Waals surface area contributed by atoms with Crippen molar-refractivity contribution in [2.45, 2.75) is 6.18 Å². The summed E-state index contributed by atoms with van der Waals surface area (Å²) in [5.74, 6) is 0.803. The van der Waals surface area contributed by atoms with Crippen molar-refractivity contribution in [3.8, 4) is 17.4 Å². The zero-order chi connectivity index (χ0) is 14.8. The minimum absolute atomic E-state index is 0.104. The predicted molar refractivity (Wildman–Crippen MR) is 67.3 cm³/mol. The number of alkyl halides is 3. The lowest BCUT2D eigenvalue weighted by molar-refractivity contribution is -0.137. The van der Waals surface area contributed by atoms with Gasteiger partial charge >= 0.3 is 6.18 Å². The van der Waals surface area contributed by atoms with Gasteiger partial charge in [-0.2, -0.15) is 13.2 Å². The number of halogens is 4. The van der Waals surface area contributed by atoms with Crippen LogP contribution in [0.4, 0.5) is 13.2 Å². The molecule has 0 aliphatic rings. The first kappa shape index (κ1) is 14.5. The van der Waals surface area contributed by atoms with E-state index in [0.29, 0.717) is 17.7 Å². The molecular weight excluding hydrogens is 295 g/mol. The van der Waals surface area contributed by atoms with Gasteiger partial charge in [-0.15, -0.1) is 0 Å². The molecule has 0 aliphatic heterocycles. The Morgan fingerprint density at radius 1 is 1.15 bits per heavy atom. The van der Waals surface area contributed by atoms with Crippen molar-refractivity contribution in [3.05, 3.63) is 47.1 Å². The molecule has 20 heavy (non-hydrogen) atoms. The number of benzene rings is 1. The minimum atomic E-state index is -4.49. The fourth-order valence-corrected chi connectivity index (χ4v) is 1.64. The van der Waals surface area contributed by atoms with Gasteiger partial charge in [0, 0.05) is 12.3 Å². The zero-order valence-corrected chi connectivity index (χ0v) is 11.0. The molecule has 1 heterocycles. The summed E-state index contributed by atoms with van der Waals surface area (Å²) < 4.78 is 47.7. The van der Waals surface area contributed by atoms with E-state index in [1.54, 1.807) is 24.3 Å². The molecule has 0 bridgehead atoms. The molecule has 106 valence electrons. The molecule has 0 fully saturated rings. The number of methoxy groups -OCH3 is 1. The van der Waals surface area contributed by atoms with Gasteiger partial charge in [0.05, 0.1) is 12.7 Å². The number of rotatable bonds is 3. The minimum Gasteiger partial charge on any atom is -0.497 e. The summed E-state index contributed by atoms with van der Waals surface area (Å²) >= 11 is 5.74. The Hall–Kier alpha value is -1.95. The summed E-state index contributed by atoms with van der Waals surface area (Å²) in [7, 11) is 1.49. The molecule has 0 saturated carbocycles. The SMILES string of the molecule is COc1cccc(Oc2ncc(C(F)(F)F)cc2Cl)c1. The normalized spacial score (nSPS) is 11.2. The van der Waals surface area contributed by atoms with Crippen molar-refractivity contribution in [2.24, 2.45) is 0 Å². The molecule has 0 aliphatic carbocycles. The molecule has 0 radical (unpaired) electrons. The summed E-state index contributed by atoms with van der Waals surface area (Å²) in [5, 5.41) is -0.220. The Bertz CT molecular complexity index is 617. The maximum Gasteiger partial charge on any atom is 0.417 e. The Morgan fingerprint density at radius 3 is 2.45 bits per heavy atom. The van der Waals surface area contributed by atoms with E-state index in [1.165, 1.54) is 7.11 Å². The molecule has 1 aromatic heterocycles. The summed E-state index contributed by atoms with van der Waals surface area (Å²) in [6, 6.07) is 7.32. The van der Waals surface area contributed by atoms with E-state index in [1.807, 2.05) is 0 Å². The van der Waals surface area contributed by atoms with Gasteiger partial charge in [-0.1, -0.05) is 17.7 Å². The van der Waals surface area contributed by atoms with Crippen molar-refractivity contribution < 1.29 is 22.6 Å². The first-order chi connectivity index (χ1) is 9.40. The van der Waals surface area contributed by atoms with Crippen LogP contribution in [0.1, 0.15) is 5.56 Å². The maximum absolute atomic E-state index is 12.5. The fraction of sp³-hybridized carbons (Fsp3) is 0.154. The Kier molecular flexibility index (Phi) is 4.04. The molecule has 0 atom stereocenters. The third kappa shape index (κ3) is 3.33. The lowest BCUT2D eigenvalue weighted by Gasteiger charge is -2.10. The van der Waals surface area contributed by atoms with Crippen LogP contribution in [0, 0.1) is 0 Å². The highest BCUT2D eigenvalue weighted by Crippen LogP contribution is 2.35. The van der Waals surface area contributed by atoms with Gasteiger partial charge in [-0.25, -0.2) is 4.98 Å². The van der Waals surface area contributed by atoms with Crippen LogP contribution in [0.15, 0.2) is 36.5 Å². The molecule has 3 nitrogen and oxygen atoms in total. The molecule has 0 unspecified atom stereocenters. The van der Waals surface area contributed by atoms with E-state index in [-0.39, 0.29) is 10.9 Å². The third-order valence-electron chi connectivity index (χ3n) is 2.39. The van der Waals surface area contributed by atoms with E-state index in [2.05, 4.69) is 4.98 Å². The van der Waals surface area contributed by atoms with E-state index >= 15 is 0 Å². The highest BCUT2D eigenvalue weighted by Gasteiger charge is 2.31. The summed E-state index contributed by atoms with van der Waals surface area (Å²) in [4.78, 5) is 3.58. The number of ether oxygens (including phenoxy) is 2. The van der Waals surface area contributed by atoms with Crippen LogP contribution >= 0.6 is 11.6 Å². The molecule has 2 rings (SSSR count). The Labute approximate surface area is 117 Å². The van der Waals surface area contributed by atoms with Crippen LogP contribution < -0.4 is 9.47 Å². The zero-order valence-electron chi connectivity index (χ0n) is 10.2. The number of aromatic nitrogens is 1. The monoisotopic (exact) mass is 303 g/mol. The van der Waals surface area contributed by atoms with Gasteiger partial charge in [-0.3, -0.25) is 0 Å². The van der Waals surface area contributed by atoms with Gasteiger partial charge in [0.2, 0.25) is 5.88 Å². The van der Waals surface area contributed by atoms with Crippen LogP contribution in [0.2, 0.25) is 5.02 Å². The molecule has 0 amide bonds. The van der Waals surface area contributed by atoms with Gasteiger partial charge in [0.25, 0.3) is 0 Å². The number of hydrogen-bond acceptors (Lipinski definition) is 3. The second kappa shape index (κ2) is 5.58. The largest absolute Gasteiger partial charge is 0.497 e. The van der Waals surface area contributed by atoms with Crippen molar-refractivity contribution in [2.75, 3.05) is 7.11 Å². The predicted octanol–water partition coefficient (Wildman–Crippen LogP) is 4.55. The molecule has 0 spiro atoms. The van der Waals surface area contributed by atoms with E-state index in [0.717, 1.165) is 6.07 Å². The first-order valence-electron chi connectivity index (χ1n) is 5.45. The standard InChI is InChI=1S/C13H9ClF3NO2/c1-19-9-3-2-4-10(6-9)20-12-11(14)5-8(7-18-12)13(15,16)17/h2-7H,1H3. The summed E-state index contributed by atoms with van der Waals surface area (Å²) in [6.07, 6.45) is -3.83. The molecule has 2 aromatic rings. The van der Waals surface area contributed by atoms with E-state index in [9.17, 15) is 13.2 Å². The maximum atomic E-state index is 12.5. The highest BCUT2D eigenvalue weighted by molar-refractivity contribution is 6.31. The average Bonchev–Trinajstić information content (AvgIpc) is 2.40. The number of pyridine rings is 1. The van der Waals surface area contributed by atoms with Gasteiger partial charge in [-0.05, 0) is 18.2 Å². The van der Waals surface area contributed by atoms with Crippen molar-refractivity contribution in [3.63, 3.8) is 0 Å². The van der Waals surface area contributed by atoms with Crippen molar-refractivity contribution in [1.29, 1.82) is 0 Å². The van der Waals surface area contributed by atoms with Crippen LogP contribution in [0.5, 0.6) is 17.4 Å². The summed E-state index contributed by atoms with van der Waals surface area (Å²) in [6.45, 7) is 0. The highest BCUT2D eigenvalue weighted by atomic mass is 35.5. The Morgan fingerprint density at radius 2 is 1.85 bits per heavy atom. The van der Waals surface area contributed by atoms with Gasteiger partial charge in [0.1, 0.15) is 16.5 Å². The smallest absolute Gasteiger partial charge is 0.417 e. The second-order valence-electron chi connectivity index (χ2n) is 3.79. The fourth-order valence-electron chi connectivity index (χ4n) is 1.43. The number of hydrogen-bond donors (Lipinski definition) is 0. The van der Waals surface area contributed by atoms with Crippen LogP contribution in [0.25, 0.3) is 0 Å². The van der Waals surface area contributed by atoms with Gasteiger partial charge < -0.3 is 9.47 Å². The second-order valence-corrected chi connectivity index (χ2v) is 4.20. The van der Waals surface area contributed by atoms with Gasteiger partial charge in [0.15, 0.2) is 0 Å². The molecule has 0 N–H and O–H groups in total. The topological polar surface area (TPSA) is 31.4 Å². The average molecular weight is 304 g/mol.